The molecular weight excluding hydrogens is 580 g/mol. The maximum atomic E-state index is 14.3. The molecule has 4 aromatic carbocycles. The van der Waals surface area contributed by atoms with Crippen LogP contribution in [0, 0.1) is 11.6 Å². The van der Waals surface area contributed by atoms with Gasteiger partial charge in [0.15, 0.2) is 11.4 Å². The zero-order valence-corrected chi connectivity index (χ0v) is 23.8. The Labute approximate surface area is 244 Å². The van der Waals surface area contributed by atoms with E-state index in [9.17, 15) is 27.1 Å². The van der Waals surface area contributed by atoms with Crippen molar-refractivity contribution in [3.8, 4) is 39.7 Å². The second kappa shape index (κ2) is 10.2. The van der Waals surface area contributed by atoms with E-state index < -0.39 is 27.6 Å². The molecule has 2 heterocycles. The summed E-state index contributed by atoms with van der Waals surface area (Å²) in [4.78, 5) is 17.3. The van der Waals surface area contributed by atoms with Crippen molar-refractivity contribution in [3.63, 3.8) is 0 Å². The van der Waals surface area contributed by atoms with E-state index >= 15 is 0 Å². The number of furan rings is 1. The number of para-hydroxylation sites is 1. The van der Waals surface area contributed by atoms with Gasteiger partial charge in [-0.05, 0) is 60.2 Å². The van der Waals surface area contributed by atoms with Crippen LogP contribution in [0.5, 0.6) is 5.75 Å². The number of halogens is 2. The smallest absolute Gasteiger partial charge is 0.255 e. The monoisotopic (exact) mass is 603 g/mol. The molecule has 2 N–H and O–H groups in total. The summed E-state index contributed by atoms with van der Waals surface area (Å²) in [6.07, 6.45) is 1.04. The predicted molar refractivity (Wildman–Crippen MR) is 158 cm³/mol. The molecular formula is C31H23F2N3O6S. The standard InChI is InChI=1S/C31H23F2N3O6S/c1-34-30(38)27-21-14-19(17-9-12-24(37)20(13-17)31-35-28-22(33)5-4-6-25(28)42-31)23(36(2)43(3,39)40)15-26(21)41-29(27)16-7-10-18(32)11-8-16/h4-15,37H,1-3H3,(H,34,38). The number of anilines is 1. The number of phenols is 1. The third-order valence-electron chi connectivity index (χ3n) is 7.11. The average molecular weight is 604 g/mol. The number of phenolic OH excluding ortho intramolecular Hbond substituents is 1. The number of carbonyl (C=O) groups excluding carboxylic acids is 1. The van der Waals surface area contributed by atoms with Crippen LogP contribution in [0.15, 0.2) is 81.6 Å². The maximum Gasteiger partial charge on any atom is 0.255 e. The summed E-state index contributed by atoms with van der Waals surface area (Å²) >= 11 is 0. The highest BCUT2D eigenvalue weighted by Gasteiger charge is 2.26. The van der Waals surface area contributed by atoms with Gasteiger partial charge in [0.25, 0.3) is 5.91 Å². The second-order valence-electron chi connectivity index (χ2n) is 9.83. The molecule has 2 aromatic heterocycles. The first-order chi connectivity index (χ1) is 20.5. The van der Waals surface area contributed by atoms with Gasteiger partial charge in [-0.3, -0.25) is 9.10 Å². The first-order valence-electron chi connectivity index (χ1n) is 12.9. The van der Waals surface area contributed by atoms with Crippen LogP contribution in [-0.4, -0.2) is 44.8 Å². The zero-order valence-electron chi connectivity index (χ0n) is 23.0. The molecule has 0 aliphatic rings. The Hall–Kier alpha value is -5.23. The van der Waals surface area contributed by atoms with Gasteiger partial charge in [-0.1, -0.05) is 12.1 Å². The van der Waals surface area contributed by atoms with Crippen LogP contribution in [0.1, 0.15) is 10.4 Å². The van der Waals surface area contributed by atoms with Crippen LogP contribution in [0.25, 0.3) is 56.0 Å². The molecule has 0 unspecified atom stereocenters. The second-order valence-corrected chi connectivity index (χ2v) is 11.8. The summed E-state index contributed by atoms with van der Waals surface area (Å²) in [5.41, 5.74) is 2.10. The molecule has 218 valence electrons. The lowest BCUT2D eigenvalue weighted by Crippen LogP contribution is -2.25. The molecule has 0 radical (unpaired) electrons. The van der Waals surface area contributed by atoms with Gasteiger partial charge in [0, 0.05) is 36.7 Å². The minimum absolute atomic E-state index is 0.0110. The number of fused-ring (bicyclic) bond motifs is 2. The van der Waals surface area contributed by atoms with E-state index in [1.165, 1.54) is 68.7 Å². The van der Waals surface area contributed by atoms with Crippen LogP contribution < -0.4 is 9.62 Å². The quantitative estimate of drug-likeness (QED) is 0.228. The molecule has 0 bridgehead atoms. The number of hydrogen-bond acceptors (Lipinski definition) is 7. The molecule has 0 saturated heterocycles. The van der Waals surface area contributed by atoms with Gasteiger partial charge in [-0.15, -0.1) is 0 Å². The van der Waals surface area contributed by atoms with Gasteiger partial charge in [0.2, 0.25) is 15.9 Å². The number of rotatable bonds is 6. The maximum absolute atomic E-state index is 14.3. The van der Waals surface area contributed by atoms with Crippen LogP contribution in [0.2, 0.25) is 0 Å². The molecule has 0 atom stereocenters. The number of oxazole rings is 1. The lowest BCUT2D eigenvalue weighted by atomic mass is 9.97. The fraction of sp³-hybridized carbons (Fsp3) is 0.0968. The SMILES string of the molecule is CNC(=O)c1c(-c2ccc(F)cc2)oc2cc(N(C)S(C)(=O)=O)c(-c3ccc(O)c(-c4nc5c(F)cccc5o4)c3)cc12. The molecule has 6 aromatic rings. The average Bonchev–Trinajstić information content (AvgIpc) is 3.58. The number of amides is 1. The number of sulfonamides is 1. The molecule has 0 aliphatic heterocycles. The van der Waals surface area contributed by atoms with Crippen molar-refractivity contribution in [3.05, 3.63) is 90.0 Å². The Kier molecular flexibility index (Phi) is 6.65. The van der Waals surface area contributed by atoms with Crippen LogP contribution >= 0.6 is 0 Å². The molecule has 0 aliphatic carbocycles. The molecule has 6 rings (SSSR count). The van der Waals surface area contributed by atoms with E-state index in [1.807, 2.05) is 0 Å². The van der Waals surface area contributed by atoms with Crippen molar-refractivity contribution in [2.45, 2.75) is 0 Å². The summed E-state index contributed by atoms with van der Waals surface area (Å²) < 4.78 is 66.3. The summed E-state index contributed by atoms with van der Waals surface area (Å²) in [6.45, 7) is 0. The van der Waals surface area contributed by atoms with Crippen molar-refractivity contribution in [1.82, 2.24) is 10.3 Å². The number of carbonyl (C=O) groups is 1. The summed E-state index contributed by atoms with van der Waals surface area (Å²) in [6, 6.07) is 17.2. The topological polar surface area (TPSA) is 126 Å². The largest absolute Gasteiger partial charge is 0.507 e. The summed E-state index contributed by atoms with van der Waals surface area (Å²) in [5.74, 6) is -1.63. The van der Waals surface area contributed by atoms with Gasteiger partial charge in [0.1, 0.15) is 28.4 Å². The summed E-state index contributed by atoms with van der Waals surface area (Å²) in [5, 5.41) is 13.7. The van der Waals surface area contributed by atoms with Crippen molar-refractivity contribution >= 4 is 43.7 Å². The molecule has 12 heteroatoms. The Morgan fingerprint density at radius 1 is 0.930 bits per heavy atom. The number of aromatic nitrogens is 1. The van der Waals surface area contributed by atoms with Crippen LogP contribution in [0.3, 0.4) is 0 Å². The zero-order chi connectivity index (χ0) is 30.6. The number of benzene rings is 4. The van der Waals surface area contributed by atoms with Crippen molar-refractivity contribution in [2.24, 2.45) is 0 Å². The highest BCUT2D eigenvalue weighted by molar-refractivity contribution is 7.92. The van der Waals surface area contributed by atoms with E-state index in [1.54, 1.807) is 18.2 Å². The first-order valence-corrected chi connectivity index (χ1v) is 14.7. The Morgan fingerprint density at radius 2 is 1.65 bits per heavy atom. The van der Waals surface area contributed by atoms with Crippen molar-refractivity contribution in [2.75, 3.05) is 24.7 Å². The molecule has 1 amide bonds. The van der Waals surface area contributed by atoms with Gasteiger partial charge >= 0.3 is 0 Å². The van der Waals surface area contributed by atoms with Gasteiger partial charge in [0.05, 0.1) is 23.1 Å². The van der Waals surface area contributed by atoms with Gasteiger partial charge < -0.3 is 19.3 Å². The molecule has 0 saturated carbocycles. The van der Waals surface area contributed by atoms with E-state index in [0.29, 0.717) is 22.1 Å². The number of nitrogens with one attached hydrogen (secondary N) is 1. The lowest BCUT2D eigenvalue weighted by Gasteiger charge is -2.21. The van der Waals surface area contributed by atoms with Gasteiger partial charge in [-0.25, -0.2) is 22.2 Å². The highest BCUT2D eigenvalue weighted by Crippen LogP contribution is 2.43. The predicted octanol–water partition coefficient (Wildman–Crippen LogP) is 6.31. The first kappa shape index (κ1) is 27.9. The molecule has 0 spiro atoms. The van der Waals surface area contributed by atoms with E-state index in [0.717, 1.165) is 10.6 Å². The highest BCUT2D eigenvalue weighted by atomic mass is 32.2. The Bertz CT molecular complexity index is 2170. The lowest BCUT2D eigenvalue weighted by molar-refractivity contribution is 0.0964. The minimum Gasteiger partial charge on any atom is -0.507 e. The fourth-order valence-electron chi connectivity index (χ4n) is 4.86. The molecule has 43 heavy (non-hydrogen) atoms. The normalized spacial score (nSPS) is 11.7. The van der Waals surface area contributed by atoms with Crippen LogP contribution in [-0.2, 0) is 10.0 Å². The number of hydrogen-bond donors (Lipinski definition) is 2. The Balaban J connectivity index is 1.63. The Morgan fingerprint density at radius 3 is 2.33 bits per heavy atom. The molecule has 0 fully saturated rings. The number of nitrogens with zero attached hydrogens (tertiary/aromatic N) is 2. The van der Waals surface area contributed by atoms with E-state index in [4.69, 9.17) is 8.83 Å². The minimum atomic E-state index is -3.78. The number of aromatic hydroxyl groups is 1. The van der Waals surface area contributed by atoms with Crippen molar-refractivity contribution < 1.29 is 35.9 Å². The molecule has 9 nitrogen and oxygen atoms in total. The third-order valence-corrected chi connectivity index (χ3v) is 8.30. The van der Waals surface area contributed by atoms with Crippen LogP contribution in [0.4, 0.5) is 14.5 Å². The van der Waals surface area contributed by atoms with E-state index in [-0.39, 0.29) is 50.9 Å². The van der Waals surface area contributed by atoms with Crippen molar-refractivity contribution in [1.29, 1.82) is 0 Å². The summed E-state index contributed by atoms with van der Waals surface area (Å²) in [7, 11) is -0.954. The van der Waals surface area contributed by atoms with E-state index in [2.05, 4.69) is 10.3 Å². The third kappa shape index (κ3) is 4.85. The fourth-order valence-corrected chi connectivity index (χ4v) is 5.37. The van der Waals surface area contributed by atoms with Gasteiger partial charge in [-0.2, -0.15) is 0 Å².